The fraction of sp³-hybridized carbons (Fsp3) is 0.667. The highest BCUT2D eigenvalue weighted by molar-refractivity contribution is 5.93. The van der Waals surface area contributed by atoms with Crippen LogP contribution in [0.15, 0.2) is 0 Å². The van der Waals surface area contributed by atoms with Gasteiger partial charge in [-0.25, -0.2) is 4.98 Å². The van der Waals surface area contributed by atoms with Crippen molar-refractivity contribution < 1.29 is 4.79 Å². The third-order valence-corrected chi connectivity index (χ3v) is 3.57. The summed E-state index contributed by atoms with van der Waals surface area (Å²) in [6.07, 6.45) is 1.66. The smallest absolute Gasteiger partial charge is 0.249 e. The number of nitrogens with one attached hydrogen (secondary N) is 2. The lowest BCUT2D eigenvalue weighted by Crippen LogP contribution is -2.43. The number of carbonyl (C=O) groups is 1. The fourth-order valence-electron chi connectivity index (χ4n) is 1.97. The van der Waals surface area contributed by atoms with Crippen LogP contribution < -0.4 is 10.6 Å². The predicted octanol–water partition coefficient (Wildman–Crippen LogP) is 0.817. The van der Waals surface area contributed by atoms with Crippen LogP contribution >= 0.6 is 0 Å². The summed E-state index contributed by atoms with van der Waals surface area (Å²) >= 11 is 0. The van der Waals surface area contributed by atoms with E-state index >= 15 is 0 Å². The minimum Gasteiger partial charge on any atom is -0.317 e. The zero-order valence-electron chi connectivity index (χ0n) is 11.1. The Kier molecular flexibility index (Phi) is 3.56. The molecule has 2 rings (SSSR count). The van der Waals surface area contributed by atoms with Gasteiger partial charge in [0.15, 0.2) is 0 Å². The van der Waals surface area contributed by atoms with Crippen molar-refractivity contribution in [3.8, 4) is 0 Å². The van der Waals surface area contributed by atoms with Gasteiger partial charge in [0.05, 0.1) is 11.4 Å². The summed E-state index contributed by atoms with van der Waals surface area (Å²) in [5.41, 5.74) is 1.23. The number of carbonyl (C=O) groups excluding carboxylic acids is 1. The van der Waals surface area contributed by atoms with E-state index in [4.69, 9.17) is 0 Å². The summed E-state index contributed by atoms with van der Waals surface area (Å²) in [6, 6.07) is 0. The normalized spacial score (nSPS) is 18.4. The summed E-state index contributed by atoms with van der Waals surface area (Å²) < 4.78 is 0. The van der Waals surface area contributed by atoms with Crippen LogP contribution in [-0.4, -0.2) is 34.2 Å². The third kappa shape index (κ3) is 2.64. The first-order valence-electron chi connectivity index (χ1n) is 6.21. The summed E-state index contributed by atoms with van der Waals surface area (Å²) in [5, 5.41) is 13.9. The molecule has 2 N–H and O–H groups in total. The van der Waals surface area contributed by atoms with Gasteiger partial charge >= 0.3 is 0 Å². The van der Waals surface area contributed by atoms with Gasteiger partial charge < -0.3 is 5.32 Å². The Hall–Kier alpha value is -1.56. The molecule has 1 amide bonds. The zero-order chi connectivity index (χ0) is 13.2. The van der Waals surface area contributed by atoms with E-state index in [0.717, 1.165) is 37.3 Å². The molecule has 0 unspecified atom stereocenters. The van der Waals surface area contributed by atoms with E-state index in [1.165, 1.54) is 0 Å². The van der Waals surface area contributed by atoms with Crippen LogP contribution in [0, 0.1) is 19.3 Å². The van der Waals surface area contributed by atoms with Crippen molar-refractivity contribution in [1.82, 2.24) is 20.5 Å². The Balaban J connectivity index is 2.08. The number of aromatic nitrogens is 3. The molecule has 0 aliphatic carbocycles. The highest BCUT2D eigenvalue weighted by Crippen LogP contribution is 2.28. The second-order valence-electron chi connectivity index (χ2n) is 5.07. The maximum absolute atomic E-state index is 12.2. The molecule has 1 aliphatic heterocycles. The second kappa shape index (κ2) is 4.97. The molecule has 0 atom stereocenters. The van der Waals surface area contributed by atoms with E-state index < -0.39 is 0 Å². The number of hydrogen-bond acceptors (Lipinski definition) is 5. The molecule has 18 heavy (non-hydrogen) atoms. The number of piperidine rings is 1. The molecular weight excluding hydrogens is 230 g/mol. The minimum atomic E-state index is -0.340. The average Bonchev–Trinajstić information content (AvgIpc) is 2.35. The molecule has 6 heteroatoms. The number of nitrogens with zero attached hydrogens (tertiary/aromatic N) is 3. The largest absolute Gasteiger partial charge is 0.317 e. The summed E-state index contributed by atoms with van der Waals surface area (Å²) in [4.78, 5) is 16.5. The molecule has 6 nitrogen and oxygen atoms in total. The maximum Gasteiger partial charge on any atom is 0.249 e. The average molecular weight is 249 g/mol. The van der Waals surface area contributed by atoms with Crippen molar-refractivity contribution in [1.29, 1.82) is 0 Å². The Labute approximate surface area is 107 Å². The van der Waals surface area contributed by atoms with Gasteiger partial charge in [-0.1, -0.05) is 6.92 Å². The van der Waals surface area contributed by atoms with E-state index in [-0.39, 0.29) is 11.3 Å². The molecular formula is C12H19N5O. The molecule has 0 bridgehead atoms. The van der Waals surface area contributed by atoms with Crippen LogP contribution in [0.5, 0.6) is 0 Å². The van der Waals surface area contributed by atoms with Crippen molar-refractivity contribution in [2.75, 3.05) is 18.4 Å². The van der Waals surface area contributed by atoms with Gasteiger partial charge in [-0.2, -0.15) is 5.10 Å². The quantitative estimate of drug-likeness (QED) is 0.811. The van der Waals surface area contributed by atoms with Gasteiger partial charge in [-0.15, -0.1) is 5.10 Å². The molecule has 1 aromatic heterocycles. The van der Waals surface area contributed by atoms with Crippen molar-refractivity contribution in [3.05, 3.63) is 11.4 Å². The van der Waals surface area contributed by atoms with Crippen LogP contribution in [0.1, 0.15) is 31.2 Å². The molecule has 0 spiro atoms. The maximum atomic E-state index is 12.2. The number of aryl methyl sites for hydroxylation is 2. The fourth-order valence-corrected chi connectivity index (χ4v) is 1.97. The zero-order valence-corrected chi connectivity index (χ0v) is 11.1. The van der Waals surface area contributed by atoms with E-state index in [9.17, 15) is 4.79 Å². The molecule has 1 saturated heterocycles. The van der Waals surface area contributed by atoms with Gasteiger partial charge in [-0.3, -0.25) is 10.1 Å². The van der Waals surface area contributed by atoms with Gasteiger partial charge in [0, 0.05) is 5.41 Å². The van der Waals surface area contributed by atoms with Gasteiger partial charge in [0.25, 0.3) is 0 Å². The lowest BCUT2D eigenvalue weighted by atomic mass is 9.80. The molecule has 1 aliphatic rings. The Morgan fingerprint density at radius 2 is 1.89 bits per heavy atom. The molecule has 0 aromatic carbocycles. The molecule has 1 aromatic rings. The van der Waals surface area contributed by atoms with Crippen molar-refractivity contribution in [2.24, 2.45) is 5.41 Å². The first kappa shape index (κ1) is 12.9. The number of amides is 1. The summed E-state index contributed by atoms with van der Waals surface area (Å²) in [6.45, 7) is 7.42. The highest BCUT2D eigenvalue weighted by atomic mass is 16.2. The lowest BCUT2D eigenvalue weighted by Gasteiger charge is -2.32. The van der Waals surface area contributed by atoms with Crippen molar-refractivity contribution in [3.63, 3.8) is 0 Å². The Morgan fingerprint density at radius 3 is 2.50 bits per heavy atom. The Bertz CT molecular complexity index is 454. The minimum absolute atomic E-state index is 0.0194. The number of anilines is 1. The van der Waals surface area contributed by atoms with Crippen LogP contribution in [-0.2, 0) is 4.79 Å². The molecule has 2 heterocycles. The van der Waals surface area contributed by atoms with Crippen LogP contribution in [0.4, 0.5) is 5.95 Å². The first-order chi connectivity index (χ1) is 8.51. The van der Waals surface area contributed by atoms with E-state index in [2.05, 4.69) is 25.8 Å². The topological polar surface area (TPSA) is 79.8 Å². The van der Waals surface area contributed by atoms with Gasteiger partial charge in [-0.05, 0) is 39.8 Å². The van der Waals surface area contributed by atoms with Crippen molar-refractivity contribution in [2.45, 2.75) is 33.6 Å². The summed E-state index contributed by atoms with van der Waals surface area (Å²) in [5.74, 6) is 0.275. The van der Waals surface area contributed by atoms with Crippen LogP contribution in [0.25, 0.3) is 0 Å². The third-order valence-electron chi connectivity index (χ3n) is 3.57. The lowest BCUT2D eigenvalue weighted by molar-refractivity contribution is -0.126. The van der Waals surface area contributed by atoms with Gasteiger partial charge in [0.1, 0.15) is 0 Å². The monoisotopic (exact) mass is 249 g/mol. The predicted molar refractivity (Wildman–Crippen MR) is 68.1 cm³/mol. The molecule has 0 saturated carbocycles. The number of hydrogen-bond donors (Lipinski definition) is 2. The SMILES string of the molecule is Cc1nnc(NC(=O)C2(C)CCNCC2)nc1C. The highest BCUT2D eigenvalue weighted by Gasteiger charge is 2.34. The molecule has 1 fully saturated rings. The molecule has 0 radical (unpaired) electrons. The standard InChI is InChI=1S/C12H19N5O/c1-8-9(2)16-17-11(14-8)15-10(18)12(3)4-6-13-7-5-12/h13H,4-7H2,1-3H3,(H,14,15,17,18). The van der Waals surface area contributed by atoms with Crippen LogP contribution in [0.2, 0.25) is 0 Å². The number of rotatable bonds is 2. The summed E-state index contributed by atoms with van der Waals surface area (Å²) in [7, 11) is 0. The van der Waals surface area contributed by atoms with E-state index in [1.807, 2.05) is 20.8 Å². The van der Waals surface area contributed by atoms with Gasteiger partial charge in [0.2, 0.25) is 11.9 Å². The Morgan fingerprint density at radius 1 is 1.22 bits per heavy atom. The molecule has 98 valence electrons. The van der Waals surface area contributed by atoms with Crippen LogP contribution in [0.3, 0.4) is 0 Å². The van der Waals surface area contributed by atoms with E-state index in [0.29, 0.717) is 5.95 Å². The second-order valence-corrected chi connectivity index (χ2v) is 5.07. The van der Waals surface area contributed by atoms with E-state index in [1.54, 1.807) is 0 Å². The van der Waals surface area contributed by atoms with Crippen molar-refractivity contribution >= 4 is 11.9 Å². The first-order valence-corrected chi connectivity index (χ1v) is 6.21.